The van der Waals surface area contributed by atoms with Gasteiger partial charge in [0.05, 0.1) is 27.2 Å². The maximum Gasteiger partial charge on any atom is 0.264 e. The molecule has 0 spiro atoms. The third-order valence-corrected chi connectivity index (χ3v) is 9.14. The molecule has 0 fully saturated rings. The molecule has 1 unspecified atom stereocenters. The monoisotopic (exact) mass is 669 g/mol. The lowest BCUT2D eigenvalue weighted by atomic mass is 10.1. The van der Waals surface area contributed by atoms with Gasteiger partial charge in [0.2, 0.25) is 11.8 Å². The van der Waals surface area contributed by atoms with Crippen molar-refractivity contribution in [3.8, 4) is 5.75 Å². The van der Waals surface area contributed by atoms with Gasteiger partial charge in [-0.05, 0) is 79.6 Å². The SMILES string of the molecule is CCOc1ccc(N(CC(=O)N(Cc2ccc(Cl)c(Cl)c2)C(CC)C(=O)NC)S(=O)(=O)c2ccc(Br)cc2)cc1. The highest BCUT2D eigenvalue weighted by Crippen LogP contribution is 2.28. The Kier molecular flexibility index (Phi) is 11.3. The molecule has 0 bridgehead atoms. The molecule has 3 rings (SSSR count). The molecular formula is C28H30BrCl2N3O5S. The van der Waals surface area contributed by atoms with Crippen LogP contribution in [0.4, 0.5) is 5.69 Å². The average Bonchev–Trinajstić information content (AvgIpc) is 2.94. The lowest BCUT2D eigenvalue weighted by Crippen LogP contribution is -2.51. The molecule has 2 amide bonds. The van der Waals surface area contributed by atoms with Crippen LogP contribution in [0.5, 0.6) is 5.75 Å². The molecule has 0 heterocycles. The summed E-state index contributed by atoms with van der Waals surface area (Å²) in [6, 6.07) is 16.6. The number of rotatable bonds is 12. The molecular weight excluding hydrogens is 641 g/mol. The minimum Gasteiger partial charge on any atom is -0.494 e. The van der Waals surface area contributed by atoms with Gasteiger partial charge in [0, 0.05) is 18.1 Å². The number of carbonyl (C=O) groups excluding carboxylic acids is 2. The molecule has 0 saturated heterocycles. The molecule has 12 heteroatoms. The first-order valence-electron chi connectivity index (χ1n) is 12.5. The van der Waals surface area contributed by atoms with E-state index in [0.29, 0.717) is 38.9 Å². The fourth-order valence-electron chi connectivity index (χ4n) is 4.06. The maximum absolute atomic E-state index is 14.0. The van der Waals surface area contributed by atoms with Crippen molar-refractivity contribution in [1.29, 1.82) is 0 Å². The molecule has 0 radical (unpaired) electrons. The Hall–Kier alpha value is -2.79. The number of sulfonamides is 1. The quantitative estimate of drug-likeness (QED) is 0.259. The zero-order valence-corrected chi connectivity index (χ0v) is 26.1. The Balaban J connectivity index is 2.06. The Morgan fingerprint density at radius 2 is 1.62 bits per heavy atom. The van der Waals surface area contributed by atoms with Crippen molar-refractivity contribution in [3.63, 3.8) is 0 Å². The summed E-state index contributed by atoms with van der Waals surface area (Å²) in [5.74, 6) is -0.388. The fraction of sp³-hybridized carbons (Fsp3) is 0.286. The van der Waals surface area contributed by atoms with Gasteiger partial charge in [-0.3, -0.25) is 13.9 Å². The van der Waals surface area contributed by atoms with Gasteiger partial charge in [-0.1, -0.05) is 52.1 Å². The van der Waals surface area contributed by atoms with Crippen LogP contribution in [0.3, 0.4) is 0 Å². The number of benzene rings is 3. The van der Waals surface area contributed by atoms with Crippen molar-refractivity contribution >= 4 is 66.7 Å². The van der Waals surface area contributed by atoms with E-state index in [9.17, 15) is 18.0 Å². The number of hydrogen-bond acceptors (Lipinski definition) is 5. The van der Waals surface area contributed by atoms with Crippen LogP contribution in [0.15, 0.2) is 76.1 Å². The molecule has 3 aromatic rings. The summed E-state index contributed by atoms with van der Waals surface area (Å²) in [5, 5.41) is 3.24. The Morgan fingerprint density at radius 1 is 0.975 bits per heavy atom. The second-order valence-corrected chi connectivity index (χ2v) is 12.3. The van der Waals surface area contributed by atoms with Crippen LogP contribution >= 0.6 is 39.1 Å². The molecule has 40 heavy (non-hydrogen) atoms. The molecule has 0 aliphatic heterocycles. The van der Waals surface area contributed by atoms with Crippen LogP contribution in [-0.4, -0.2) is 51.4 Å². The first kappa shape index (κ1) is 31.7. The van der Waals surface area contributed by atoms with E-state index < -0.39 is 28.5 Å². The van der Waals surface area contributed by atoms with Gasteiger partial charge in [-0.25, -0.2) is 8.42 Å². The Bertz CT molecular complexity index is 1440. The van der Waals surface area contributed by atoms with Crippen LogP contribution < -0.4 is 14.4 Å². The highest BCUT2D eigenvalue weighted by Gasteiger charge is 2.33. The number of nitrogens with zero attached hydrogens (tertiary/aromatic N) is 2. The van der Waals surface area contributed by atoms with Gasteiger partial charge >= 0.3 is 0 Å². The van der Waals surface area contributed by atoms with Crippen LogP contribution in [-0.2, 0) is 26.2 Å². The van der Waals surface area contributed by atoms with Crippen molar-refractivity contribution in [2.45, 2.75) is 37.8 Å². The van der Waals surface area contributed by atoms with Gasteiger partial charge < -0.3 is 15.0 Å². The summed E-state index contributed by atoms with van der Waals surface area (Å²) in [6.45, 7) is 3.52. The van der Waals surface area contributed by atoms with E-state index in [-0.39, 0.29) is 23.0 Å². The number of anilines is 1. The summed E-state index contributed by atoms with van der Waals surface area (Å²) in [7, 11) is -2.70. The predicted octanol–water partition coefficient (Wildman–Crippen LogP) is 5.90. The van der Waals surface area contributed by atoms with E-state index in [1.807, 2.05) is 6.92 Å². The number of amides is 2. The zero-order valence-electron chi connectivity index (χ0n) is 22.2. The summed E-state index contributed by atoms with van der Waals surface area (Å²) in [5.41, 5.74) is 0.899. The highest BCUT2D eigenvalue weighted by molar-refractivity contribution is 9.10. The van der Waals surface area contributed by atoms with Crippen molar-refractivity contribution in [2.24, 2.45) is 0 Å². The van der Waals surface area contributed by atoms with Gasteiger partial charge in [0.1, 0.15) is 18.3 Å². The number of ether oxygens (including phenoxy) is 1. The summed E-state index contributed by atoms with van der Waals surface area (Å²) in [6.07, 6.45) is 0.301. The van der Waals surface area contributed by atoms with E-state index >= 15 is 0 Å². The topological polar surface area (TPSA) is 96.0 Å². The Morgan fingerprint density at radius 3 is 2.17 bits per heavy atom. The third kappa shape index (κ3) is 7.69. The molecule has 1 atom stereocenters. The molecule has 0 aliphatic rings. The minimum atomic E-state index is -4.18. The second-order valence-electron chi connectivity index (χ2n) is 8.70. The first-order chi connectivity index (χ1) is 19.0. The van der Waals surface area contributed by atoms with E-state index in [0.717, 1.165) is 4.31 Å². The van der Waals surface area contributed by atoms with E-state index in [2.05, 4.69) is 21.2 Å². The van der Waals surface area contributed by atoms with Gasteiger partial charge in [-0.2, -0.15) is 0 Å². The molecule has 3 aromatic carbocycles. The summed E-state index contributed by atoms with van der Waals surface area (Å²) in [4.78, 5) is 28.1. The van der Waals surface area contributed by atoms with Gasteiger partial charge in [0.25, 0.3) is 10.0 Å². The van der Waals surface area contributed by atoms with Crippen LogP contribution in [0, 0.1) is 0 Å². The lowest BCUT2D eigenvalue weighted by molar-refractivity contribution is -0.140. The van der Waals surface area contributed by atoms with Crippen LogP contribution in [0.1, 0.15) is 25.8 Å². The maximum atomic E-state index is 14.0. The zero-order chi connectivity index (χ0) is 29.4. The summed E-state index contributed by atoms with van der Waals surface area (Å²) >= 11 is 15.6. The largest absolute Gasteiger partial charge is 0.494 e. The summed E-state index contributed by atoms with van der Waals surface area (Å²) < 4.78 is 35.0. The highest BCUT2D eigenvalue weighted by atomic mass is 79.9. The predicted molar refractivity (Wildman–Crippen MR) is 161 cm³/mol. The molecule has 8 nitrogen and oxygen atoms in total. The Labute approximate surface area is 253 Å². The molecule has 0 aliphatic carbocycles. The minimum absolute atomic E-state index is 0.00626. The fourth-order valence-corrected chi connectivity index (χ4v) is 6.06. The molecule has 0 saturated carbocycles. The smallest absolute Gasteiger partial charge is 0.264 e. The van der Waals surface area contributed by atoms with Crippen molar-refractivity contribution in [2.75, 3.05) is 24.5 Å². The third-order valence-electron chi connectivity index (χ3n) is 6.09. The molecule has 1 N–H and O–H groups in total. The van der Waals surface area contributed by atoms with Crippen molar-refractivity contribution < 1.29 is 22.7 Å². The molecule has 0 aromatic heterocycles. The normalized spacial score (nSPS) is 11.9. The van der Waals surface area contributed by atoms with E-state index in [1.54, 1.807) is 61.5 Å². The van der Waals surface area contributed by atoms with E-state index in [4.69, 9.17) is 27.9 Å². The number of carbonyl (C=O) groups is 2. The van der Waals surface area contributed by atoms with Crippen LogP contribution in [0.2, 0.25) is 10.0 Å². The lowest BCUT2D eigenvalue weighted by Gasteiger charge is -2.33. The standard InChI is InChI=1S/C28H30BrCl2N3O5S/c1-4-26(28(36)32-3)33(17-19-6-15-24(30)25(31)16-19)27(35)18-34(21-9-11-22(12-10-21)39-5-2)40(37,38)23-13-7-20(29)8-14-23/h6-16,26H,4-5,17-18H2,1-3H3,(H,32,36). The van der Waals surface area contributed by atoms with Gasteiger partial charge in [-0.15, -0.1) is 0 Å². The van der Waals surface area contributed by atoms with Gasteiger partial charge in [0.15, 0.2) is 0 Å². The second kappa shape index (κ2) is 14.2. The number of nitrogens with one attached hydrogen (secondary N) is 1. The first-order valence-corrected chi connectivity index (χ1v) is 15.5. The number of halogens is 3. The van der Waals surface area contributed by atoms with Crippen molar-refractivity contribution in [1.82, 2.24) is 10.2 Å². The van der Waals surface area contributed by atoms with Crippen molar-refractivity contribution in [3.05, 3.63) is 86.8 Å². The number of hydrogen-bond donors (Lipinski definition) is 1. The average molecular weight is 671 g/mol. The number of likely N-dealkylation sites (N-methyl/N-ethyl adjacent to an activating group) is 1. The van der Waals surface area contributed by atoms with Crippen LogP contribution in [0.25, 0.3) is 0 Å². The molecule has 214 valence electrons. The van der Waals surface area contributed by atoms with E-state index in [1.165, 1.54) is 24.1 Å².